The number of rotatable bonds is 8. The fraction of sp³-hybridized carbons (Fsp3) is 0.435. The van der Waals surface area contributed by atoms with Crippen LogP contribution in [0.5, 0.6) is 5.75 Å². The van der Waals surface area contributed by atoms with Crippen molar-refractivity contribution in [2.24, 2.45) is 4.99 Å². The van der Waals surface area contributed by atoms with E-state index in [4.69, 9.17) is 4.74 Å². The van der Waals surface area contributed by atoms with Crippen molar-refractivity contribution in [1.29, 1.82) is 0 Å². The molecule has 0 radical (unpaired) electrons. The molecule has 31 heavy (non-hydrogen) atoms. The highest BCUT2D eigenvalue weighted by molar-refractivity contribution is 5.79. The molecule has 1 heterocycles. The quantitative estimate of drug-likeness (QED) is 0.485. The highest BCUT2D eigenvalue weighted by atomic mass is 19.4. The fourth-order valence-electron chi connectivity index (χ4n) is 3.42. The molecule has 1 saturated heterocycles. The Morgan fingerprint density at radius 2 is 1.42 bits per heavy atom. The van der Waals surface area contributed by atoms with Gasteiger partial charge in [-0.05, 0) is 54.8 Å². The summed E-state index contributed by atoms with van der Waals surface area (Å²) < 4.78 is 41.3. The van der Waals surface area contributed by atoms with E-state index in [1.165, 1.54) is 49.2 Å². The van der Waals surface area contributed by atoms with E-state index in [1.807, 2.05) is 0 Å². The van der Waals surface area contributed by atoms with Crippen molar-refractivity contribution in [3.05, 3.63) is 65.2 Å². The predicted octanol–water partition coefficient (Wildman–Crippen LogP) is 4.09. The number of nitrogens with zero attached hydrogens (tertiary/aromatic N) is 2. The molecule has 0 aliphatic carbocycles. The van der Waals surface area contributed by atoms with E-state index in [0.29, 0.717) is 19.0 Å². The van der Waals surface area contributed by atoms with Crippen LogP contribution in [0.2, 0.25) is 0 Å². The van der Waals surface area contributed by atoms with Crippen LogP contribution in [-0.2, 0) is 19.6 Å². The van der Waals surface area contributed by atoms with Crippen LogP contribution in [0.25, 0.3) is 0 Å². The Labute approximate surface area is 181 Å². The third kappa shape index (κ3) is 8.13. The van der Waals surface area contributed by atoms with Gasteiger partial charge in [-0.1, -0.05) is 36.4 Å². The number of nitrogens with one attached hydrogen (secondary N) is 2. The van der Waals surface area contributed by atoms with Crippen molar-refractivity contribution in [2.45, 2.75) is 38.7 Å². The van der Waals surface area contributed by atoms with Crippen LogP contribution in [0.4, 0.5) is 13.2 Å². The zero-order valence-electron chi connectivity index (χ0n) is 17.7. The van der Waals surface area contributed by atoms with E-state index in [1.54, 1.807) is 19.2 Å². The maximum absolute atomic E-state index is 12.2. The highest BCUT2D eigenvalue weighted by Gasteiger charge is 2.28. The summed E-state index contributed by atoms with van der Waals surface area (Å²) in [7, 11) is 1.70. The maximum atomic E-state index is 12.2. The Kier molecular flexibility index (Phi) is 8.17. The molecular formula is C23H29F3N4O. The zero-order valence-corrected chi connectivity index (χ0v) is 17.7. The number of ether oxygens (including phenoxy) is 1. The summed E-state index contributed by atoms with van der Waals surface area (Å²) in [5.41, 5.74) is 3.41. The average Bonchev–Trinajstić information content (AvgIpc) is 3.27. The first-order valence-corrected chi connectivity index (χ1v) is 10.4. The standard InChI is InChI=1S/C23H29F3N4O/c1-27-22(29-15-19-8-10-21(11-9-19)31-17-23(24,25)26)28-14-18-4-6-20(7-5-18)16-30-12-2-3-13-30/h4-11H,2-3,12-17H2,1H3,(H2,27,28,29). The van der Waals surface area contributed by atoms with Crippen molar-refractivity contribution in [3.63, 3.8) is 0 Å². The van der Waals surface area contributed by atoms with Crippen LogP contribution < -0.4 is 15.4 Å². The maximum Gasteiger partial charge on any atom is 0.422 e. The minimum Gasteiger partial charge on any atom is -0.484 e. The molecule has 1 fully saturated rings. The molecule has 2 aromatic carbocycles. The lowest BCUT2D eigenvalue weighted by molar-refractivity contribution is -0.153. The minimum atomic E-state index is -4.34. The Hall–Kier alpha value is -2.74. The first-order chi connectivity index (χ1) is 14.9. The SMILES string of the molecule is CN=C(NCc1ccc(CN2CCCC2)cc1)NCc1ccc(OCC(F)(F)F)cc1. The second-order valence-electron chi connectivity index (χ2n) is 7.63. The summed E-state index contributed by atoms with van der Waals surface area (Å²) in [6.45, 7) is 3.24. The van der Waals surface area contributed by atoms with Crippen molar-refractivity contribution in [1.82, 2.24) is 15.5 Å². The van der Waals surface area contributed by atoms with Gasteiger partial charge in [0.25, 0.3) is 0 Å². The molecule has 5 nitrogen and oxygen atoms in total. The monoisotopic (exact) mass is 434 g/mol. The molecule has 0 amide bonds. The molecule has 2 N–H and O–H groups in total. The molecule has 8 heteroatoms. The molecule has 168 valence electrons. The smallest absolute Gasteiger partial charge is 0.422 e. The molecular weight excluding hydrogens is 405 g/mol. The minimum absolute atomic E-state index is 0.191. The molecule has 0 aromatic heterocycles. The van der Waals surface area contributed by atoms with Gasteiger partial charge >= 0.3 is 6.18 Å². The second-order valence-corrected chi connectivity index (χ2v) is 7.63. The van der Waals surface area contributed by atoms with Crippen LogP contribution in [0.15, 0.2) is 53.5 Å². The van der Waals surface area contributed by atoms with Crippen LogP contribution >= 0.6 is 0 Å². The van der Waals surface area contributed by atoms with Crippen molar-refractivity contribution in [3.8, 4) is 5.75 Å². The number of hydrogen-bond acceptors (Lipinski definition) is 3. The van der Waals surface area contributed by atoms with Crippen LogP contribution in [-0.4, -0.2) is 43.8 Å². The van der Waals surface area contributed by atoms with Gasteiger partial charge in [0, 0.05) is 26.7 Å². The predicted molar refractivity (Wildman–Crippen MR) is 116 cm³/mol. The number of guanidine groups is 1. The lowest BCUT2D eigenvalue weighted by Crippen LogP contribution is -2.36. The first-order valence-electron chi connectivity index (χ1n) is 10.4. The molecule has 0 bridgehead atoms. The van der Waals surface area contributed by atoms with Crippen LogP contribution in [0.1, 0.15) is 29.5 Å². The Balaban J connectivity index is 1.41. The van der Waals surface area contributed by atoms with Gasteiger partial charge in [-0.3, -0.25) is 9.89 Å². The van der Waals surface area contributed by atoms with Crippen molar-refractivity contribution in [2.75, 3.05) is 26.7 Å². The summed E-state index contributed by atoms with van der Waals surface area (Å²) in [4.78, 5) is 6.70. The third-order valence-electron chi connectivity index (χ3n) is 5.10. The van der Waals surface area contributed by atoms with Gasteiger partial charge in [-0.2, -0.15) is 13.2 Å². The molecule has 0 spiro atoms. The average molecular weight is 435 g/mol. The van der Waals surface area contributed by atoms with E-state index >= 15 is 0 Å². The number of alkyl halides is 3. The molecule has 2 aromatic rings. The second kappa shape index (κ2) is 11.0. The highest BCUT2D eigenvalue weighted by Crippen LogP contribution is 2.19. The largest absolute Gasteiger partial charge is 0.484 e. The van der Waals surface area contributed by atoms with Gasteiger partial charge in [0.1, 0.15) is 5.75 Å². The van der Waals surface area contributed by atoms with Crippen LogP contribution in [0.3, 0.4) is 0 Å². The number of likely N-dealkylation sites (tertiary alicyclic amines) is 1. The van der Waals surface area contributed by atoms with E-state index in [2.05, 4.69) is 44.8 Å². The van der Waals surface area contributed by atoms with Gasteiger partial charge < -0.3 is 15.4 Å². The summed E-state index contributed by atoms with van der Waals surface area (Å²) in [6, 6.07) is 15.1. The fourth-order valence-corrected chi connectivity index (χ4v) is 3.42. The Bertz CT molecular complexity index is 829. The number of halogens is 3. The van der Waals surface area contributed by atoms with E-state index in [-0.39, 0.29) is 5.75 Å². The van der Waals surface area contributed by atoms with E-state index in [0.717, 1.165) is 12.1 Å². The normalized spacial score (nSPS) is 15.2. The number of aliphatic imine (C=N–C) groups is 1. The Morgan fingerprint density at radius 1 is 0.903 bits per heavy atom. The van der Waals surface area contributed by atoms with Gasteiger partial charge in [0.05, 0.1) is 0 Å². The molecule has 0 saturated carbocycles. The lowest BCUT2D eigenvalue weighted by Gasteiger charge is -2.15. The van der Waals surface area contributed by atoms with Gasteiger partial charge in [0.2, 0.25) is 0 Å². The summed E-state index contributed by atoms with van der Waals surface area (Å²) in [5.74, 6) is 0.843. The molecule has 1 aliphatic rings. The van der Waals surface area contributed by atoms with Crippen LogP contribution in [0, 0.1) is 0 Å². The number of benzene rings is 2. The zero-order chi connectivity index (χ0) is 22.1. The van der Waals surface area contributed by atoms with Gasteiger partial charge in [-0.15, -0.1) is 0 Å². The molecule has 0 unspecified atom stereocenters. The molecule has 1 aliphatic heterocycles. The van der Waals surface area contributed by atoms with Crippen molar-refractivity contribution < 1.29 is 17.9 Å². The van der Waals surface area contributed by atoms with Gasteiger partial charge in [0.15, 0.2) is 12.6 Å². The summed E-state index contributed by atoms with van der Waals surface area (Å²) in [6.07, 6.45) is -1.75. The topological polar surface area (TPSA) is 48.9 Å². The summed E-state index contributed by atoms with van der Waals surface area (Å²) in [5, 5.41) is 6.48. The van der Waals surface area contributed by atoms with Crippen molar-refractivity contribution >= 4 is 5.96 Å². The first kappa shape index (κ1) is 22.9. The van der Waals surface area contributed by atoms with E-state index in [9.17, 15) is 13.2 Å². The Morgan fingerprint density at radius 3 is 1.94 bits per heavy atom. The van der Waals surface area contributed by atoms with Gasteiger partial charge in [-0.25, -0.2) is 0 Å². The molecule has 3 rings (SSSR count). The lowest BCUT2D eigenvalue weighted by atomic mass is 10.1. The third-order valence-corrected chi connectivity index (χ3v) is 5.10. The van der Waals surface area contributed by atoms with E-state index < -0.39 is 12.8 Å². The molecule has 0 atom stereocenters. The number of hydrogen-bond donors (Lipinski definition) is 2. The summed E-state index contributed by atoms with van der Waals surface area (Å²) >= 11 is 0.